The van der Waals surface area contributed by atoms with Crippen LogP contribution in [0.3, 0.4) is 0 Å². The first-order chi connectivity index (χ1) is 8.19. The molecule has 0 saturated carbocycles. The van der Waals surface area contributed by atoms with E-state index >= 15 is 0 Å². The van der Waals surface area contributed by atoms with Gasteiger partial charge >= 0.3 is 0 Å². The highest BCUT2D eigenvalue weighted by Gasteiger charge is 2.02. The number of benzene rings is 2. The van der Waals surface area contributed by atoms with Crippen molar-refractivity contribution in [3.05, 3.63) is 52.5 Å². The number of hydrogen-bond donors (Lipinski definition) is 1. The summed E-state index contributed by atoms with van der Waals surface area (Å²) in [4.78, 5) is 2.31. The van der Waals surface area contributed by atoms with Crippen LogP contribution in [0.5, 0.6) is 0 Å². The van der Waals surface area contributed by atoms with Crippen molar-refractivity contribution in [2.75, 3.05) is 5.73 Å². The molecule has 0 aromatic heterocycles. The van der Waals surface area contributed by atoms with Gasteiger partial charge in [-0.1, -0.05) is 46.7 Å². The van der Waals surface area contributed by atoms with E-state index in [0.29, 0.717) is 0 Å². The van der Waals surface area contributed by atoms with E-state index < -0.39 is 0 Å². The van der Waals surface area contributed by atoms with Crippen LogP contribution in [-0.2, 0) is 6.42 Å². The topological polar surface area (TPSA) is 26.0 Å². The Kier molecular flexibility index (Phi) is 4.13. The van der Waals surface area contributed by atoms with E-state index in [1.807, 2.05) is 18.2 Å². The van der Waals surface area contributed by atoms with Crippen LogP contribution >= 0.6 is 27.7 Å². The van der Waals surface area contributed by atoms with Crippen molar-refractivity contribution < 1.29 is 0 Å². The van der Waals surface area contributed by atoms with Crippen molar-refractivity contribution >= 4 is 33.4 Å². The van der Waals surface area contributed by atoms with Crippen molar-refractivity contribution in [1.29, 1.82) is 0 Å². The minimum atomic E-state index is 0.809. The second-order valence-corrected chi connectivity index (χ2v) is 5.81. The lowest BCUT2D eigenvalue weighted by molar-refractivity contribution is 1.13. The highest BCUT2D eigenvalue weighted by Crippen LogP contribution is 2.33. The van der Waals surface area contributed by atoms with Gasteiger partial charge in [0.15, 0.2) is 0 Å². The molecule has 0 atom stereocenters. The highest BCUT2D eigenvalue weighted by atomic mass is 79.9. The van der Waals surface area contributed by atoms with Crippen LogP contribution in [0.25, 0.3) is 0 Å². The monoisotopic (exact) mass is 307 g/mol. The molecule has 0 spiro atoms. The molecule has 0 radical (unpaired) electrons. The third-order valence-corrected chi connectivity index (χ3v) is 4.12. The average molecular weight is 308 g/mol. The Bertz CT molecular complexity index is 508. The SMILES string of the molecule is CCc1ccc(Sc2ccc(Br)cc2N)cc1. The van der Waals surface area contributed by atoms with Gasteiger partial charge in [-0.25, -0.2) is 0 Å². The summed E-state index contributed by atoms with van der Waals surface area (Å²) in [7, 11) is 0. The van der Waals surface area contributed by atoms with E-state index in [1.54, 1.807) is 11.8 Å². The van der Waals surface area contributed by atoms with Crippen molar-refractivity contribution in [3.8, 4) is 0 Å². The first-order valence-corrected chi connectivity index (χ1v) is 7.12. The summed E-state index contributed by atoms with van der Waals surface area (Å²) in [6, 6.07) is 14.6. The second-order valence-electron chi connectivity index (χ2n) is 3.78. The fourth-order valence-corrected chi connectivity index (χ4v) is 2.75. The Morgan fingerprint density at radius 2 is 1.82 bits per heavy atom. The fraction of sp³-hybridized carbons (Fsp3) is 0.143. The summed E-state index contributed by atoms with van der Waals surface area (Å²) < 4.78 is 1.01. The quantitative estimate of drug-likeness (QED) is 0.828. The largest absolute Gasteiger partial charge is 0.398 e. The molecule has 0 aliphatic rings. The zero-order valence-corrected chi connectivity index (χ0v) is 12.0. The van der Waals surface area contributed by atoms with Gasteiger partial charge in [0, 0.05) is 20.0 Å². The maximum atomic E-state index is 5.97. The summed E-state index contributed by atoms with van der Waals surface area (Å²) in [5.41, 5.74) is 8.14. The third kappa shape index (κ3) is 3.27. The molecule has 0 heterocycles. The normalized spacial score (nSPS) is 10.5. The Labute approximate surface area is 115 Å². The molecule has 2 aromatic rings. The van der Waals surface area contributed by atoms with E-state index in [0.717, 1.165) is 21.5 Å². The Balaban J connectivity index is 2.19. The third-order valence-electron chi connectivity index (χ3n) is 2.53. The molecule has 0 fully saturated rings. The highest BCUT2D eigenvalue weighted by molar-refractivity contribution is 9.10. The van der Waals surface area contributed by atoms with Crippen molar-refractivity contribution in [3.63, 3.8) is 0 Å². The molecule has 2 rings (SSSR count). The van der Waals surface area contributed by atoms with Crippen LogP contribution in [0.15, 0.2) is 56.7 Å². The van der Waals surface area contributed by atoms with Gasteiger partial charge in [-0.2, -0.15) is 0 Å². The van der Waals surface area contributed by atoms with Gasteiger partial charge in [0.2, 0.25) is 0 Å². The summed E-state index contributed by atoms with van der Waals surface area (Å²) >= 11 is 5.11. The number of hydrogen-bond acceptors (Lipinski definition) is 2. The number of nitrogen functional groups attached to an aromatic ring is 1. The lowest BCUT2D eigenvalue weighted by Gasteiger charge is -2.06. The average Bonchev–Trinajstić information content (AvgIpc) is 2.34. The van der Waals surface area contributed by atoms with Gasteiger partial charge in [0.25, 0.3) is 0 Å². The maximum absolute atomic E-state index is 5.97. The number of nitrogens with two attached hydrogens (primary N) is 1. The predicted molar refractivity (Wildman–Crippen MR) is 78.5 cm³/mol. The fourth-order valence-electron chi connectivity index (χ4n) is 1.53. The molecule has 0 amide bonds. The predicted octanol–water partition coefficient (Wildman–Crippen LogP) is 4.74. The minimum absolute atomic E-state index is 0.809. The van der Waals surface area contributed by atoms with Crippen LogP contribution in [0, 0.1) is 0 Å². The summed E-state index contributed by atoms with van der Waals surface area (Å²) in [6.45, 7) is 2.16. The smallest absolute Gasteiger partial charge is 0.0467 e. The molecular weight excluding hydrogens is 294 g/mol. The van der Waals surface area contributed by atoms with Crippen LogP contribution in [-0.4, -0.2) is 0 Å². The minimum Gasteiger partial charge on any atom is -0.398 e. The standard InChI is InChI=1S/C14H14BrNS/c1-2-10-3-6-12(7-4-10)17-14-8-5-11(15)9-13(14)16/h3-9H,2,16H2,1H3. The molecule has 0 bridgehead atoms. The van der Waals surface area contributed by atoms with E-state index in [4.69, 9.17) is 5.73 Å². The number of halogens is 1. The number of rotatable bonds is 3. The molecule has 0 aliphatic heterocycles. The maximum Gasteiger partial charge on any atom is 0.0467 e. The van der Waals surface area contributed by atoms with Crippen molar-refractivity contribution in [2.24, 2.45) is 0 Å². The van der Waals surface area contributed by atoms with Crippen molar-refractivity contribution in [1.82, 2.24) is 0 Å². The van der Waals surface area contributed by atoms with Gasteiger partial charge in [-0.3, -0.25) is 0 Å². The molecule has 0 aliphatic carbocycles. The van der Waals surface area contributed by atoms with E-state index in [9.17, 15) is 0 Å². The van der Waals surface area contributed by atoms with E-state index in [-0.39, 0.29) is 0 Å². The molecule has 0 unspecified atom stereocenters. The van der Waals surface area contributed by atoms with Crippen LogP contribution in [0.1, 0.15) is 12.5 Å². The molecular formula is C14H14BrNS. The zero-order valence-electron chi connectivity index (χ0n) is 9.61. The lowest BCUT2D eigenvalue weighted by Crippen LogP contribution is -1.88. The molecule has 88 valence electrons. The Morgan fingerprint density at radius 1 is 1.12 bits per heavy atom. The zero-order chi connectivity index (χ0) is 12.3. The van der Waals surface area contributed by atoms with Crippen LogP contribution < -0.4 is 5.73 Å². The van der Waals surface area contributed by atoms with Gasteiger partial charge in [0.05, 0.1) is 0 Å². The van der Waals surface area contributed by atoms with Crippen LogP contribution in [0.4, 0.5) is 5.69 Å². The van der Waals surface area contributed by atoms with E-state index in [2.05, 4.69) is 47.1 Å². The van der Waals surface area contributed by atoms with Crippen molar-refractivity contribution in [2.45, 2.75) is 23.1 Å². The van der Waals surface area contributed by atoms with Gasteiger partial charge in [-0.05, 0) is 42.3 Å². The number of anilines is 1. The molecule has 3 heteroatoms. The molecule has 2 N–H and O–H groups in total. The van der Waals surface area contributed by atoms with Crippen LogP contribution in [0.2, 0.25) is 0 Å². The molecule has 0 saturated heterocycles. The first kappa shape index (κ1) is 12.5. The second kappa shape index (κ2) is 5.61. The summed E-state index contributed by atoms with van der Waals surface area (Å²) in [5.74, 6) is 0. The summed E-state index contributed by atoms with van der Waals surface area (Å²) in [5, 5.41) is 0. The van der Waals surface area contributed by atoms with Gasteiger partial charge in [0.1, 0.15) is 0 Å². The Hall–Kier alpha value is -0.930. The molecule has 17 heavy (non-hydrogen) atoms. The number of aryl methyl sites for hydroxylation is 1. The van der Waals surface area contributed by atoms with E-state index in [1.165, 1.54) is 10.5 Å². The molecule has 1 nitrogen and oxygen atoms in total. The molecule has 2 aromatic carbocycles. The first-order valence-electron chi connectivity index (χ1n) is 5.51. The lowest BCUT2D eigenvalue weighted by atomic mass is 10.2. The van der Waals surface area contributed by atoms with Gasteiger partial charge in [-0.15, -0.1) is 0 Å². The summed E-state index contributed by atoms with van der Waals surface area (Å²) in [6.07, 6.45) is 1.07. The Morgan fingerprint density at radius 3 is 2.41 bits per heavy atom. The van der Waals surface area contributed by atoms with Gasteiger partial charge < -0.3 is 5.73 Å².